The van der Waals surface area contributed by atoms with Gasteiger partial charge < -0.3 is 14.7 Å². The lowest BCUT2D eigenvalue weighted by Gasteiger charge is -2.24. The SMILES string of the molecule is [2H]C(c1ccccc1)N(Cc1ccccc1OCCCCCC(=O)O)C(=O)c1ccc(-c2cn[nH]c2)cc1. The van der Waals surface area contributed by atoms with Crippen LogP contribution in [-0.4, -0.2) is 38.7 Å². The highest BCUT2D eigenvalue weighted by atomic mass is 16.5. The summed E-state index contributed by atoms with van der Waals surface area (Å²) in [6, 6.07) is 24.1. The number of nitrogens with one attached hydrogen (secondary N) is 1. The highest BCUT2D eigenvalue weighted by Crippen LogP contribution is 2.24. The molecule has 37 heavy (non-hydrogen) atoms. The molecule has 0 saturated carbocycles. The summed E-state index contributed by atoms with van der Waals surface area (Å²) in [7, 11) is 0. The van der Waals surface area contributed by atoms with Crippen molar-refractivity contribution in [1.29, 1.82) is 0 Å². The van der Waals surface area contributed by atoms with Gasteiger partial charge >= 0.3 is 5.97 Å². The first kappa shape index (κ1) is 24.3. The second kappa shape index (κ2) is 13.1. The van der Waals surface area contributed by atoms with E-state index in [4.69, 9.17) is 11.2 Å². The lowest BCUT2D eigenvalue weighted by molar-refractivity contribution is -0.137. The number of benzene rings is 3. The molecule has 0 spiro atoms. The van der Waals surface area contributed by atoms with Crippen molar-refractivity contribution in [2.75, 3.05) is 6.61 Å². The summed E-state index contributed by atoms with van der Waals surface area (Å²) >= 11 is 0. The van der Waals surface area contributed by atoms with Crippen molar-refractivity contribution >= 4 is 11.9 Å². The smallest absolute Gasteiger partial charge is 0.303 e. The summed E-state index contributed by atoms with van der Waals surface area (Å²) in [6.45, 7) is -0.273. The molecule has 0 aliphatic heterocycles. The minimum atomic E-state index is -0.915. The number of carbonyl (C=O) groups is 2. The van der Waals surface area contributed by atoms with Gasteiger partial charge in [0.15, 0.2) is 0 Å². The Morgan fingerprint density at radius 2 is 1.68 bits per heavy atom. The van der Waals surface area contributed by atoms with Crippen molar-refractivity contribution in [2.45, 2.75) is 38.7 Å². The Hall–Kier alpha value is -4.39. The maximum atomic E-state index is 13.8. The van der Waals surface area contributed by atoms with E-state index in [1.165, 1.54) is 4.90 Å². The second-order valence-electron chi connectivity index (χ2n) is 8.70. The molecular formula is C30H31N3O4. The van der Waals surface area contributed by atoms with Gasteiger partial charge in [-0.15, -0.1) is 0 Å². The molecule has 3 aromatic carbocycles. The van der Waals surface area contributed by atoms with E-state index in [-0.39, 0.29) is 18.9 Å². The van der Waals surface area contributed by atoms with E-state index in [2.05, 4.69) is 10.2 Å². The van der Waals surface area contributed by atoms with Gasteiger partial charge in [-0.25, -0.2) is 0 Å². The summed E-state index contributed by atoms with van der Waals surface area (Å²) in [5.74, 6) is -0.393. The molecule has 0 bridgehead atoms. The highest BCUT2D eigenvalue weighted by molar-refractivity contribution is 5.94. The maximum Gasteiger partial charge on any atom is 0.303 e. The first-order chi connectivity index (χ1) is 18.5. The molecule has 1 amide bonds. The van der Waals surface area contributed by atoms with Gasteiger partial charge in [0.1, 0.15) is 5.75 Å². The van der Waals surface area contributed by atoms with Gasteiger partial charge in [-0.1, -0.05) is 60.7 Å². The Bertz CT molecular complexity index is 1310. The third-order valence-electron chi connectivity index (χ3n) is 5.93. The number of aromatic nitrogens is 2. The Labute approximate surface area is 218 Å². The predicted octanol–water partition coefficient (Wildman–Crippen LogP) is 5.94. The van der Waals surface area contributed by atoms with Gasteiger partial charge in [0.05, 0.1) is 14.2 Å². The number of aromatic amines is 1. The third-order valence-corrected chi connectivity index (χ3v) is 5.93. The van der Waals surface area contributed by atoms with E-state index in [9.17, 15) is 9.59 Å². The monoisotopic (exact) mass is 498 g/mol. The summed E-state index contributed by atoms with van der Waals surface area (Å²) in [5.41, 5.74) is 3.87. The van der Waals surface area contributed by atoms with E-state index in [0.29, 0.717) is 29.9 Å². The molecule has 1 aromatic heterocycles. The Morgan fingerprint density at radius 1 is 0.919 bits per heavy atom. The van der Waals surface area contributed by atoms with Crippen LogP contribution in [0.4, 0.5) is 0 Å². The van der Waals surface area contributed by atoms with Crippen LogP contribution in [-0.2, 0) is 17.9 Å². The summed E-state index contributed by atoms with van der Waals surface area (Å²) < 4.78 is 15.0. The quantitative estimate of drug-likeness (QED) is 0.222. The van der Waals surface area contributed by atoms with Gasteiger partial charge in [0.25, 0.3) is 5.91 Å². The van der Waals surface area contributed by atoms with E-state index in [1.54, 1.807) is 24.5 Å². The Balaban J connectivity index is 1.53. The number of H-pyrrole nitrogens is 1. The van der Waals surface area contributed by atoms with Gasteiger partial charge in [-0.2, -0.15) is 5.10 Å². The topological polar surface area (TPSA) is 95.5 Å². The first-order valence-corrected chi connectivity index (χ1v) is 12.3. The van der Waals surface area contributed by atoms with E-state index < -0.39 is 12.5 Å². The number of carboxylic acids is 1. The number of nitrogens with zero attached hydrogens (tertiary/aromatic N) is 2. The number of aliphatic carboxylic acids is 1. The van der Waals surface area contributed by atoms with Gasteiger partial charge in [0, 0.05) is 42.4 Å². The van der Waals surface area contributed by atoms with Crippen LogP contribution >= 0.6 is 0 Å². The molecule has 0 radical (unpaired) electrons. The number of rotatable bonds is 13. The molecule has 2 N–H and O–H groups in total. The van der Waals surface area contributed by atoms with Gasteiger partial charge in [-0.3, -0.25) is 14.7 Å². The molecule has 7 nitrogen and oxygen atoms in total. The van der Waals surface area contributed by atoms with Crippen LogP contribution in [0.15, 0.2) is 91.3 Å². The Morgan fingerprint density at radius 3 is 2.41 bits per heavy atom. The zero-order valence-corrected chi connectivity index (χ0v) is 20.5. The summed E-state index contributed by atoms with van der Waals surface area (Å²) in [5, 5.41) is 15.6. The van der Waals surface area contributed by atoms with Crippen molar-refractivity contribution in [3.8, 4) is 16.9 Å². The molecule has 1 unspecified atom stereocenters. The molecule has 0 fully saturated rings. The average Bonchev–Trinajstić information content (AvgIpc) is 3.49. The molecule has 190 valence electrons. The lowest BCUT2D eigenvalue weighted by atomic mass is 10.1. The van der Waals surface area contributed by atoms with Crippen molar-refractivity contribution < 1.29 is 20.8 Å². The number of unbranched alkanes of at least 4 members (excludes halogenated alkanes) is 2. The largest absolute Gasteiger partial charge is 0.493 e. The van der Waals surface area contributed by atoms with Crippen LogP contribution in [0.1, 0.15) is 48.5 Å². The molecule has 0 saturated heterocycles. The van der Waals surface area contributed by atoms with E-state index >= 15 is 0 Å². The van der Waals surface area contributed by atoms with E-state index in [0.717, 1.165) is 29.5 Å². The van der Waals surface area contributed by atoms with Crippen LogP contribution in [0.25, 0.3) is 11.1 Å². The normalized spacial score (nSPS) is 11.9. The molecule has 0 aliphatic carbocycles. The summed E-state index contributed by atoms with van der Waals surface area (Å²) in [6.07, 6.45) is 5.78. The number of para-hydroxylation sites is 1. The zero-order valence-electron chi connectivity index (χ0n) is 21.5. The van der Waals surface area contributed by atoms with Crippen molar-refractivity contribution in [1.82, 2.24) is 15.1 Å². The highest BCUT2D eigenvalue weighted by Gasteiger charge is 2.19. The maximum absolute atomic E-state index is 13.8. The van der Waals surface area contributed by atoms with Crippen LogP contribution < -0.4 is 4.74 Å². The van der Waals surface area contributed by atoms with Crippen molar-refractivity contribution in [3.63, 3.8) is 0 Å². The zero-order chi connectivity index (χ0) is 26.7. The molecule has 1 heterocycles. The van der Waals surface area contributed by atoms with Crippen LogP contribution in [0.2, 0.25) is 0 Å². The second-order valence-corrected chi connectivity index (χ2v) is 8.70. The fourth-order valence-corrected chi connectivity index (χ4v) is 3.97. The fourth-order valence-electron chi connectivity index (χ4n) is 3.97. The molecule has 7 heteroatoms. The summed E-state index contributed by atoms with van der Waals surface area (Å²) in [4.78, 5) is 26.0. The average molecular weight is 499 g/mol. The number of carbonyl (C=O) groups excluding carboxylic acids is 1. The third kappa shape index (κ3) is 7.54. The Kier molecular flexibility index (Phi) is 8.59. The van der Waals surface area contributed by atoms with E-state index in [1.807, 2.05) is 66.7 Å². The van der Waals surface area contributed by atoms with Crippen LogP contribution in [0.3, 0.4) is 0 Å². The number of ether oxygens (including phenoxy) is 1. The molecule has 4 aromatic rings. The number of amides is 1. The minimum Gasteiger partial charge on any atom is -0.493 e. The van der Waals surface area contributed by atoms with Crippen LogP contribution in [0, 0.1) is 0 Å². The number of hydrogen-bond donors (Lipinski definition) is 2. The number of carboxylic acid groups (broad SMARTS) is 1. The van der Waals surface area contributed by atoms with Crippen LogP contribution in [0.5, 0.6) is 5.75 Å². The minimum absolute atomic E-state index is 0.154. The fraction of sp³-hybridized carbons (Fsp3) is 0.233. The van der Waals surface area contributed by atoms with Crippen molar-refractivity contribution in [3.05, 3.63) is 108 Å². The first-order valence-electron chi connectivity index (χ1n) is 12.9. The predicted molar refractivity (Wildman–Crippen MR) is 142 cm³/mol. The molecular weight excluding hydrogens is 466 g/mol. The van der Waals surface area contributed by atoms with Crippen molar-refractivity contribution in [2.24, 2.45) is 0 Å². The van der Waals surface area contributed by atoms with Gasteiger partial charge in [0.2, 0.25) is 0 Å². The molecule has 0 aliphatic rings. The molecule has 1 atom stereocenters. The molecule has 4 rings (SSSR count). The van der Waals surface area contributed by atoms with Gasteiger partial charge in [-0.05, 0) is 48.6 Å². The lowest BCUT2D eigenvalue weighted by Crippen LogP contribution is -2.30. The number of hydrogen-bond acceptors (Lipinski definition) is 4. The standard InChI is InChI=1S/C30H31N3O4/c34-29(35)13-5-2-8-18-37-28-12-7-6-11-26(28)22-33(21-23-9-3-1-4-10-23)30(36)25-16-14-24(15-17-25)27-19-31-32-20-27/h1,3-4,6-7,9-12,14-17,19-20H,2,5,8,13,18,21-22H2,(H,31,32)(H,34,35)/i21D.